The number of methoxy groups -OCH3 is 1. The molecule has 0 unspecified atom stereocenters. The van der Waals surface area contributed by atoms with Gasteiger partial charge in [0.2, 0.25) is 0 Å². The molecule has 29 heavy (non-hydrogen) atoms. The van der Waals surface area contributed by atoms with Crippen molar-refractivity contribution in [1.29, 1.82) is 0 Å². The van der Waals surface area contributed by atoms with E-state index in [4.69, 9.17) is 9.47 Å². The van der Waals surface area contributed by atoms with Gasteiger partial charge in [-0.3, -0.25) is 9.59 Å². The quantitative estimate of drug-likeness (QED) is 0.454. The summed E-state index contributed by atoms with van der Waals surface area (Å²) in [5, 5.41) is 0.304. The molecule has 0 spiro atoms. The van der Waals surface area contributed by atoms with Crippen LogP contribution in [-0.4, -0.2) is 35.1 Å². The highest BCUT2D eigenvalue weighted by molar-refractivity contribution is 7.20. The predicted octanol–water partition coefficient (Wildman–Crippen LogP) is 3.63. The molecule has 0 atom stereocenters. The monoisotopic (exact) mass is 427 g/mol. The summed E-state index contributed by atoms with van der Waals surface area (Å²) in [6.45, 7) is 2.29. The van der Waals surface area contributed by atoms with Gasteiger partial charge in [0.25, 0.3) is 0 Å². The van der Waals surface area contributed by atoms with Crippen LogP contribution < -0.4 is 9.54 Å². The lowest BCUT2D eigenvalue weighted by Gasteiger charge is -2.08. The Kier molecular flexibility index (Phi) is 5.41. The number of para-hydroxylation sites is 2. The van der Waals surface area contributed by atoms with Gasteiger partial charge in [0.15, 0.2) is 9.81 Å². The average molecular weight is 428 g/mol. The molecular weight excluding hydrogens is 410 g/mol. The summed E-state index contributed by atoms with van der Waals surface area (Å²) in [5.41, 5.74) is 1.47. The highest BCUT2D eigenvalue weighted by Crippen LogP contribution is 2.28. The van der Waals surface area contributed by atoms with Gasteiger partial charge in [-0.15, -0.1) is 11.3 Å². The van der Waals surface area contributed by atoms with Crippen LogP contribution in [0.1, 0.15) is 16.7 Å². The summed E-state index contributed by atoms with van der Waals surface area (Å²) < 4.78 is 14.0. The number of amides is 1. The van der Waals surface area contributed by atoms with E-state index >= 15 is 0 Å². The number of hydrogen-bond acceptors (Lipinski definition) is 7. The van der Waals surface area contributed by atoms with Crippen LogP contribution in [0.4, 0.5) is 0 Å². The van der Waals surface area contributed by atoms with Gasteiger partial charge in [0.1, 0.15) is 17.8 Å². The summed E-state index contributed by atoms with van der Waals surface area (Å²) in [6, 6.07) is 13.1. The van der Waals surface area contributed by atoms with Crippen molar-refractivity contribution in [1.82, 2.24) is 9.55 Å². The van der Waals surface area contributed by atoms with Gasteiger partial charge < -0.3 is 14.0 Å². The van der Waals surface area contributed by atoms with E-state index < -0.39 is 11.9 Å². The Hall–Kier alpha value is -3.04. The van der Waals surface area contributed by atoms with E-state index in [0.717, 1.165) is 14.9 Å². The summed E-state index contributed by atoms with van der Waals surface area (Å²) in [7, 11) is 1.32. The predicted molar refractivity (Wildman–Crippen MR) is 113 cm³/mol. The van der Waals surface area contributed by atoms with E-state index in [9.17, 15) is 9.59 Å². The second-order valence-corrected chi connectivity index (χ2v) is 8.03. The molecule has 0 aliphatic heterocycles. The third-order valence-electron chi connectivity index (χ3n) is 4.15. The van der Waals surface area contributed by atoms with Crippen molar-refractivity contribution >= 4 is 55.0 Å². The number of benzene rings is 2. The fraction of sp³-hybridized carbons (Fsp3) is 0.200. The topological polar surface area (TPSA) is 82.8 Å². The third kappa shape index (κ3) is 3.79. The number of aromatic nitrogens is 2. The molecule has 4 aromatic rings. The van der Waals surface area contributed by atoms with Gasteiger partial charge in [-0.2, -0.15) is 4.99 Å². The van der Waals surface area contributed by atoms with Crippen LogP contribution in [0.5, 0.6) is 5.75 Å². The number of carbonyl (C=O) groups excluding carboxylic acids is 2. The van der Waals surface area contributed by atoms with Crippen LogP contribution in [0.25, 0.3) is 20.4 Å². The molecule has 148 valence electrons. The van der Waals surface area contributed by atoms with Crippen LogP contribution in [0.3, 0.4) is 0 Å². The first-order chi connectivity index (χ1) is 14.1. The number of fused-ring (bicyclic) bond motifs is 2. The maximum absolute atomic E-state index is 12.8. The van der Waals surface area contributed by atoms with Crippen LogP contribution >= 0.6 is 22.7 Å². The minimum absolute atomic E-state index is 0.0768. The first kappa shape index (κ1) is 19.3. The van der Waals surface area contributed by atoms with E-state index in [1.54, 1.807) is 4.57 Å². The number of thiazole rings is 2. The lowest BCUT2D eigenvalue weighted by molar-refractivity contribution is -0.141. The van der Waals surface area contributed by atoms with Crippen molar-refractivity contribution in [2.24, 2.45) is 4.99 Å². The second-order valence-electron chi connectivity index (χ2n) is 5.99. The zero-order valence-corrected chi connectivity index (χ0v) is 17.4. The Morgan fingerprint density at radius 2 is 1.90 bits per heavy atom. The van der Waals surface area contributed by atoms with Crippen molar-refractivity contribution in [3.8, 4) is 5.75 Å². The molecule has 2 aromatic carbocycles. The van der Waals surface area contributed by atoms with Gasteiger partial charge >= 0.3 is 11.9 Å². The zero-order valence-electron chi connectivity index (χ0n) is 15.7. The number of esters is 1. The fourth-order valence-electron chi connectivity index (χ4n) is 2.89. The largest absolute Gasteiger partial charge is 0.492 e. The molecule has 0 radical (unpaired) electrons. The molecule has 1 amide bonds. The normalized spacial score (nSPS) is 11.9. The summed E-state index contributed by atoms with van der Waals surface area (Å²) in [4.78, 5) is 33.8. The van der Waals surface area contributed by atoms with Gasteiger partial charge in [-0.1, -0.05) is 29.5 Å². The van der Waals surface area contributed by atoms with E-state index in [2.05, 4.69) is 9.98 Å². The molecule has 0 aliphatic rings. The van der Waals surface area contributed by atoms with E-state index in [0.29, 0.717) is 27.7 Å². The number of hydrogen-bond donors (Lipinski definition) is 0. The van der Waals surface area contributed by atoms with Gasteiger partial charge in [0, 0.05) is 0 Å². The molecule has 0 saturated heterocycles. The molecule has 0 saturated carbocycles. The highest BCUT2D eigenvalue weighted by Gasteiger charge is 2.17. The standard InChI is InChI=1S/C20H17N3O4S2/c1-3-27-13-8-6-10-15-17(13)23(11-16(24)26-2)20(29-15)22-18(25)19-21-12-7-4-5-9-14(12)28-19/h4-10H,3,11H2,1-2H3. The van der Waals surface area contributed by atoms with Crippen molar-refractivity contribution in [2.75, 3.05) is 13.7 Å². The first-order valence-corrected chi connectivity index (χ1v) is 10.5. The molecule has 0 bridgehead atoms. The molecule has 0 fully saturated rings. The number of nitrogens with zero attached hydrogens (tertiary/aromatic N) is 3. The Bertz CT molecular complexity index is 1250. The number of rotatable bonds is 5. The third-order valence-corrected chi connectivity index (χ3v) is 6.22. The molecule has 4 rings (SSSR count). The summed E-state index contributed by atoms with van der Waals surface area (Å²) in [5.74, 6) is -0.266. The molecule has 9 heteroatoms. The van der Waals surface area contributed by atoms with Crippen LogP contribution in [0.15, 0.2) is 47.5 Å². The Balaban J connectivity index is 1.86. The lowest BCUT2D eigenvalue weighted by atomic mass is 10.3. The van der Waals surface area contributed by atoms with Crippen molar-refractivity contribution in [3.63, 3.8) is 0 Å². The first-order valence-electron chi connectivity index (χ1n) is 8.87. The van der Waals surface area contributed by atoms with Crippen molar-refractivity contribution in [2.45, 2.75) is 13.5 Å². The number of ether oxygens (including phenoxy) is 2. The van der Waals surface area contributed by atoms with Gasteiger partial charge in [0.05, 0.1) is 28.6 Å². The highest BCUT2D eigenvalue weighted by atomic mass is 32.1. The van der Waals surface area contributed by atoms with E-state index in [1.807, 2.05) is 49.4 Å². The average Bonchev–Trinajstić information content (AvgIpc) is 3.30. The Morgan fingerprint density at radius 1 is 1.10 bits per heavy atom. The molecule has 2 heterocycles. The van der Waals surface area contributed by atoms with Crippen LogP contribution in [-0.2, 0) is 16.1 Å². The minimum Gasteiger partial charge on any atom is -0.492 e. The van der Waals surface area contributed by atoms with E-state index in [1.165, 1.54) is 29.8 Å². The molecule has 0 aliphatic carbocycles. The summed E-state index contributed by atoms with van der Waals surface area (Å²) in [6.07, 6.45) is 0. The Morgan fingerprint density at radius 3 is 2.66 bits per heavy atom. The molecule has 0 N–H and O–H groups in total. The fourth-order valence-corrected chi connectivity index (χ4v) is 4.79. The van der Waals surface area contributed by atoms with Gasteiger partial charge in [-0.05, 0) is 31.2 Å². The maximum Gasteiger partial charge on any atom is 0.325 e. The molecule has 2 aromatic heterocycles. The second kappa shape index (κ2) is 8.14. The van der Waals surface area contributed by atoms with Crippen LogP contribution in [0.2, 0.25) is 0 Å². The van der Waals surface area contributed by atoms with E-state index in [-0.39, 0.29) is 6.54 Å². The zero-order chi connectivity index (χ0) is 20.4. The summed E-state index contributed by atoms with van der Waals surface area (Å²) >= 11 is 2.60. The smallest absolute Gasteiger partial charge is 0.325 e. The Labute approximate surface area is 173 Å². The molecule has 7 nitrogen and oxygen atoms in total. The lowest BCUT2D eigenvalue weighted by Crippen LogP contribution is -2.22. The SMILES string of the molecule is CCOc1cccc2sc(=NC(=O)c3nc4ccccc4s3)n(CC(=O)OC)c12. The van der Waals surface area contributed by atoms with Gasteiger partial charge in [-0.25, -0.2) is 4.98 Å². The maximum atomic E-state index is 12.8. The molecular formula is C20H17N3O4S2. The van der Waals surface area contributed by atoms with Crippen molar-refractivity contribution in [3.05, 3.63) is 52.3 Å². The minimum atomic E-state index is -0.450. The number of carbonyl (C=O) groups is 2. The van der Waals surface area contributed by atoms with Crippen LogP contribution in [0, 0.1) is 0 Å². The van der Waals surface area contributed by atoms with Crippen molar-refractivity contribution < 1.29 is 19.1 Å².